The van der Waals surface area contributed by atoms with Crippen molar-refractivity contribution in [3.05, 3.63) is 53.3 Å². The van der Waals surface area contributed by atoms with Crippen LogP contribution in [-0.4, -0.2) is 35.6 Å². The number of ether oxygens (including phenoxy) is 2. The number of halogens is 4. The van der Waals surface area contributed by atoms with Crippen LogP contribution in [0.1, 0.15) is 64.5 Å². The lowest BCUT2D eigenvalue weighted by Crippen LogP contribution is -2.20. The van der Waals surface area contributed by atoms with Crippen molar-refractivity contribution in [2.45, 2.75) is 71.0 Å². The van der Waals surface area contributed by atoms with Gasteiger partial charge in [0.05, 0.1) is 43.3 Å². The second-order valence-electron chi connectivity index (χ2n) is 8.56. The van der Waals surface area contributed by atoms with Crippen LogP contribution in [0.25, 0.3) is 0 Å². The minimum absolute atomic E-state index is 0.302. The van der Waals surface area contributed by atoms with E-state index in [-0.39, 0.29) is 17.6 Å². The fourth-order valence-electron chi connectivity index (χ4n) is 3.29. The van der Waals surface area contributed by atoms with E-state index in [1.165, 1.54) is 0 Å². The van der Waals surface area contributed by atoms with E-state index >= 15 is 0 Å². The van der Waals surface area contributed by atoms with E-state index in [0.717, 1.165) is 40.5 Å². The number of hydrogen-bond acceptors (Lipinski definition) is 4. The van der Waals surface area contributed by atoms with Crippen LogP contribution in [0, 0.1) is 0 Å². The third kappa shape index (κ3) is 7.94. The van der Waals surface area contributed by atoms with Gasteiger partial charge in [-0.1, -0.05) is 27.7 Å². The van der Waals surface area contributed by atoms with Gasteiger partial charge in [0.25, 0.3) is 0 Å². The summed E-state index contributed by atoms with van der Waals surface area (Å²) in [5.74, 6) is 1.47. The monoisotopic (exact) mass is 712 g/mol. The van der Waals surface area contributed by atoms with Gasteiger partial charge >= 0.3 is 0 Å². The Kier molecular flexibility index (Phi) is 11.7. The lowest BCUT2D eigenvalue weighted by molar-refractivity contribution is 0.135. The molecule has 0 amide bonds. The Labute approximate surface area is 231 Å². The van der Waals surface area contributed by atoms with Crippen molar-refractivity contribution in [2.24, 2.45) is 0 Å². The number of aliphatic hydroxyl groups excluding tert-OH is 2. The zero-order valence-corrected chi connectivity index (χ0v) is 25.8. The molecule has 0 radical (unpaired) electrons. The molecule has 0 aliphatic heterocycles. The normalized spacial score (nSPS) is 13.6. The molecule has 2 aromatic rings. The summed E-state index contributed by atoms with van der Waals surface area (Å²) < 4.78 is 15.3. The molecular formula is C25H32Br4O4. The summed E-state index contributed by atoms with van der Waals surface area (Å²) in [6, 6.07) is 8.31. The SMILES string of the molecule is CCC(O)CCOc1c(Br)cc(C(C)(C)c2cc(Br)c(OCCC(O)CC)c(Br)c2)cc1Br. The fraction of sp³-hybridized carbons (Fsp3) is 0.520. The number of benzene rings is 2. The first-order valence-corrected chi connectivity index (χ1v) is 14.3. The molecule has 0 saturated carbocycles. The van der Waals surface area contributed by atoms with E-state index < -0.39 is 0 Å². The summed E-state index contributed by atoms with van der Waals surface area (Å²) in [4.78, 5) is 0. The summed E-state index contributed by atoms with van der Waals surface area (Å²) in [7, 11) is 0. The Hall–Kier alpha value is -0.120. The molecule has 4 nitrogen and oxygen atoms in total. The molecule has 2 N–H and O–H groups in total. The van der Waals surface area contributed by atoms with Gasteiger partial charge in [0.1, 0.15) is 11.5 Å². The molecule has 33 heavy (non-hydrogen) atoms. The molecule has 0 aliphatic carbocycles. The molecule has 0 heterocycles. The minimum atomic E-state index is -0.346. The Morgan fingerprint density at radius 3 is 1.27 bits per heavy atom. The van der Waals surface area contributed by atoms with Gasteiger partial charge < -0.3 is 19.7 Å². The van der Waals surface area contributed by atoms with Crippen molar-refractivity contribution < 1.29 is 19.7 Å². The third-order valence-electron chi connectivity index (χ3n) is 5.78. The molecule has 2 rings (SSSR count). The Bertz CT molecular complexity index is 813. The minimum Gasteiger partial charge on any atom is -0.491 e. The molecule has 8 heteroatoms. The Morgan fingerprint density at radius 2 is 1.00 bits per heavy atom. The second-order valence-corrected chi connectivity index (χ2v) is 12.0. The smallest absolute Gasteiger partial charge is 0.147 e. The van der Waals surface area contributed by atoms with Gasteiger partial charge in [-0.05, 0) is 112 Å². The quantitative estimate of drug-likeness (QED) is 0.233. The Morgan fingerprint density at radius 1 is 0.697 bits per heavy atom. The standard InChI is InChI=1S/C25H32Br4O4/c1-5-17(30)7-9-32-23-19(26)11-15(12-20(23)27)25(3,4)16-13-21(28)24(22(29)14-16)33-10-8-18(31)6-2/h11-14,17-18,30-31H,5-10H2,1-4H3. The molecule has 0 aliphatic rings. The maximum absolute atomic E-state index is 9.77. The van der Waals surface area contributed by atoms with Gasteiger partial charge in [-0.3, -0.25) is 0 Å². The Balaban J connectivity index is 2.24. The third-order valence-corrected chi connectivity index (χ3v) is 8.13. The van der Waals surface area contributed by atoms with Crippen LogP contribution in [0.5, 0.6) is 11.5 Å². The maximum atomic E-state index is 9.77. The van der Waals surface area contributed by atoms with Crippen molar-refractivity contribution in [2.75, 3.05) is 13.2 Å². The van der Waals surface area contributed by atoms with Gasteiger partial charge in [-0.2, -0.15) is 0 Å². The van der Waals surface area contributed by atoms with E-state index in [1.807, 2.05) is 13.8 Å². The molecule has 2 unspecified atom stereocenters. The molecule has 2 atom stereocenters. The van der Waals surface area contributed by atoms with Crippen molar-refractivity contribution in [3.63, 3.8) is 0 Å². The first kappa shape index (κ1) is 29.1. The molecule has 0 spiro atoms. The number of hydrogen-bond donors (Lipinski definition) is 2. The van der Waals surface area contributed by atoms with Crippen LogP contribution in [0.4, 0.5) is 0 Å². The van der Waals surface area contributed by atoms with Crippen molar-refractivity contribution in [3.8, 4) is 11.5 Å². The van der Waals surface area contributed by atoms with Crippen LogP contribution in [0.3, 0.4) is 0 Å². The molecule has 0 fully saturated rings. The average Bonchev–Trinajstić information content (AvgIpc) is 2.76. The van der Waals surface area contributed by atoms with Crippen LogP contribution < -0.4 is 9.47 Å². The average molecular weight is 716 g/mol. The lowest BCUT2D eigenvalue weighted by atomic mass is 9.78. The van der Waals surface area contributed by atoms with Gasteiger partial charge in [-0.15, -0.1) is 0 Å². The van der Waals surface area contributed by atoms with Gasteiger partial charge in [0, 0.05) is 18.3 Å². The highest BCUT2D eigenvalue weighted by molar-refractivity contribution is 9.11. The van der Waals surface area contributed by atoms with Crippen LogP contribution >= 0.6 is 63.7 Å². The van der Waals surface area contributed by atoms with E-state index in [4.69, 9.17) is 9.47 Å². The highest BCUT2D eigenvalue weighted by atomic mass is 79.9. The molecular weight excluding hydrogens is 684 g/mol. The van der Waals surface area contributed by atoms with E-state index in [0.29, 0.717) is 38.9 Å². The topological polar surface area (TPSA) is 58.9 Å². The maximum Gasteiger partial charge on any atom is 0.147 e. The van der Waals surface area contributed by atoms with Crippen LogP contribution in [-0.2, 0) is 5.41 Å². The van der Waals surface area contributed by atoms with E-state index in [9.17, 15) is 10.2 Å². The van der Waals surface area contributed by atoms with Gasteiger partial charge in [0.15, 0.2) is 0 Å². The number of rotatable bonds is 12. The second kappa shape index (κ2) is 13.3. The summed E-state index contributed by atoms with van der Waals surface area (Å²) in [6.07, 6.45) is 1.93. The fourth-order valence-corrected chi connectivity index (χ4v) is 6.12. The molecule has 2 aromatic carbocycles. The largest absolute Gasteiger partial charge is 0.491 e. The van der Waals surface area contributed by atoms with Crippen molar-refractivity contribution in [1.29, 1.82) is 0 Å². The predicted molar refractivity (Wildman–Crippen MR) is 149 cm³/mol. The first-order valence-electron chi connectivity index (χ1n) is 11.1. The summed E-state index contributed by atoms with van der Waals surface area (Å²) in [6.45, 7) is 9.16. The summed E-state index contributed by atoms with van der Waals surface area (Å²) >= 11 is 14.6. The van der Waals surface area contributed by atoms with E-state index in [1.54, 1.807) is 0 Å². The molecule has 0 saturated heterocycles. The lowest BCUT2D eigenvalue weighted by Gasteiger charge is -2.28. The zero-order chi connectivity index (χ0) is 24.8. The summed E-state index contributed by atoms with van der Waals surface area (Å²) in [5, 5.41) is 19.5. The van der Waals surface area contributed by atoms with Crippen molar-refractivity contribution in [1.82, 2.24) is 0 Å². The summed E-state index contributed by atoms with van der Waals surface area (Å²) in [5.41, 5.74) is 1.92. The molecule has 0 bridgehead atoms. The van der Waals surface area contributed by atoms with E-state index in [2.05, 4.69) is 102 Å². The number of aliphatic hydroxyl groups is 2. The molecule has 0 aromatic heterocycles. The predicted octanol–water partition coefficient (Wildman–Crippen LogP) is 8.14. The highest BCUT2D eigenvalue weighted by Crippen LogP contribution is 2.44. The van der Waals surface area contributed by atoms with Crippen LogP contribution in [0.15, 0.2) is 42.2 Å². The van der Waals surface area contributed by atoms with Gasteiger partial charge in [-0.25, -0.2) is 0 Å². The van der Waals surface area contributed by atoms with Crippen LogP contribution in [0.2, 0.25) is 0 Å². The highest BCUT2D eigenvalue weighted by Gasteiger charge is 2.27. The first-order chi connectivity index (χ1) is 15.5. The van der Waals surface area contributed by atoms with Gasteiger partial charge in [0.2, 0.25) is 0 Å². The van der Waals surface area contributed by atoms with Crippen molar-refractivity contribution >= 4 is 63.7 Å². The molecule has 184 valence electrons. The zero-order valence-electron chi connectivity index (χ0n) is 19.4.